The van der Waals surface area contributed by atoms with Gasteiger partial charge >= 0.3 is 0 Å². The largest absolute Gasteiger partial charge is 0.387 e. The van der Waals surface area contributed by atoms with Crippen LogP contribution in [0, 0.1) is 0 Å². The molecular formula is C14H20BrN5O3S. The van der Waals surface area contributed by atoms with Gasteiger partial charge in [-0.15, -0.1) is 0 Å². The zero-order valence-corrected chi connectivity index (χ0v) is 15.3. The smallest absolute Gasteiger partial charge is 0.164 e. The van der Waals surface area contributed by atoms with Crippen molar-refractivity contribution in [3.63, 3.8) is 0 Å². The van der Waals surface area contributed by atoms with E-state index in [-0.39, 0.29) is 0 Å². The van der Waals surface area contributed by atoms with Crippen LogP contribution >= 0.6 is 27.7 Å². The minimum Gasteiger partial charge on any atom is -0.387 e. The van der Waals surface area contributed by atoms with E-state index < -0.39 is 24.5 Å². The highest BCUT2D eigenvalue weighted by molar-refractivity contribution is 9.10. The quantitative estimate of drug-likeness (QED) is 0.498. The van der Waals surface area contributed by atoms with Crippen molar-refractivity contribution in [1.82, 2.24) is 14.5 Å². The van der Waals surface area contributed by atoms with Crippen LogP contribution in [0.15, 0.2) is 17.0 Å². The predicted octanol–water partition coefficient (Wildman–Crippen LogP) is 0.477. The number of hydrogen-bond acceptors (Lipinski definition) is 8. The lowest BCUT2D eigenvalue weighted by Gasteiger charge is -2.17. The summed E-state index contributed by atoms with van der Waals surface area (Å²) in [6.07, 6.45) is 0.801. The number of aliphatic hydroxyl groups excluding tert-OH is 2. The lowest BCUT2D eigenvalue weighted by molar-refractivity contribution is -0.0286. The second-order valence-corrected chi connectivity index (χ2v) is 7.61. The number of halogens is 1. The fourth-order valence-electron chi connectivity index (χ4n) is 2.74. The monoisotopic (exact) mass is 417 g/mol. The Labute approximate surface area is 151 Å². The summed E-state index contributed by atoms with van der Waals surface area (Å²) >= 11 is 5.08. The third-order valence-corrected chi connectivity index (χ3v) is 5.72. The van der Waals surface area contributed by atoms with Crippen LogP contribution < -0.4 is 11.5 Å². The van der Waals surface area contributed by atoms with Gasteiger partial charge < -0.3 is 31.0 Å². The minimum absolute atomic E-state index is 0.340. The number of aliphatic hydroxyl groups is 2. The summed E-state index contributed by atoms with van der Waals surface area (Å²) in [6.45, 7) is 0.636. The maximum absolute atomic E-state index is 10.4. The Morgan fingerprint density at radius 1 is 1.33 bits per heavy atom. The van der Waals surface area contributed by atoms with Crippen LogP contribution in [0.4, 0.5) is 5.82 Å². The second-order valence-electron chi connectivity index (χ2n) is 5.61. The SMILES string of the molecule is NCCCSC[C@H]1O[C@@H](n2cc(Br)c3c(N)ncnc32)[C@H](O)[C@@H]1O. The number of thioether (sulfide) groups is 1. The second kappa shape index (κ2) is 7.54. The van der Waals surface area contributed by atoms with Crippen LogP contribution in [0.5, 0.6) is 0 Å². The van der Waals surface area contributed by atoms with Gasteiger partial charge in [0.05, 0.1) is 11.5 Å². The summed E-state index contributed by atoms with van der Waals surface area (Å²) in [5.41, 5.74) is 11.9. The van der Waals surface area contributed by atoms with Gasteiger partial charge in [-0.25, -0.2) is 9.97 Å². The first kappa shape index (κ1) is 17.9. The molecule has 1 fully saturated rings. The molecule has 0 aromatic carbocycles. The summed E-state index contributed by atoms with van der Waals surface area (Å²) < 4.78 is 8.29. The molecule has 0 saturated carbocycles. The Hall–Kier alpha value is -0.910. The number of hydrogen-bond donors (Lipinski definition) is 4. The molecule has 0 unspecified atom stereocenters. The fourth-order valence-corrected chi connectivity index (χ4v) is 4.38. The van der Waals surface area contributed by atoms with E-state index in [2.05, 4.69) is 25.9 Å². The highest BCUT2D eigenvalue weighted by atomic mass is 79.9. The number of nitrogens with two attached hydrogens (primary N) is 2. The average molecular weight is 418 g/mol. The molecule has 3 heterocycles. The standard InChI is InChI=1S/C14H20BrN5O3S/c15-7-4-20(13-9(7)12(17)18-6-19-13)14-11(22)10(21)8(23-14)5-24-3-1-2-16/h4,6,8,10-11,14,21-22H,1-3,5,16H2,(H2,17,18,19)/t8-,10-,11-,14-/m1/s1. The Morgan fingerprint density at radius 2 is 2.12 bits per heavy atom. The van der Waals surface area contributed by atoms with E-state index in [1.807, 2.05) is 0 Å². The summed E-state index contributed by atoms with van der Waals surface area (Å²) in [6, 6.07) is 0. The number of nitrogens with zero attached hydrogens (tertiary/aromatic N) is 3. The number of ether oxygens (including phenoxy) is 1. The van der Waals surface area contributed by atoms with Crippen molar-refractivity contribution in [2.45, 2.75) is 31.0 Å². The van der Waals surface area contributed by atoms with Gasteiger partial charge in [0.15, 0.2) is 6.23 Å². The maximum Gasteiger partial charge on any atom is 0.164 e. The zero-order valence-electron chi connectivity index (χ0n) is 12.9. The highest BCUT2D eigenvalue weighted by Crippen LogP contribution is 2.37. The van der Waals surface area contributed by atoms with Crippen molar-refractivity contribution in [3.8, 4) is 0 Å². The normalized spacial score (nSPS) is 27.2. The van der Waals surface area contributed by atoms with Crippen molar-refractivity contribution < 1.29 is 14.9 Å². The van der Waals surface area contributed by atoms with Gasteiger partial charge in [0, 0.05) is 16.4 Å². The first-order valence-electron chi connectivity index (χ1n) is 7.60. The molecule has 10 heteroatoms. The number of fused-ring (bicyclic) bond motifs is 1. The molecule has 4 atom stereocenters. The molecule has 0 bridgehead atoms. The van der Waals surface area contributed by atoms with Crippen molar-refractivity contribution >= 4 is 44.5 Å². The van der Waals surface area contributed by atoms with Crippen molar-refractivity contribution in [2.75, 3.05) is 23.8 Å². The van der Waals surface area contributed by atoms with Crippen LogP contribution in [0.1, 0.15) is 12.6 Å². The van der Waals surface area contributed by atoms with Gasteiger partial charge in [0.25, 0.3) is 0 Å². The summed E-state index contributed by atoms with van der Waals surface area (Å²) in [4.78, 5) is 8.20. The molecule has 2 aromatic rings. The van der Waals surface area contributed by atoms with Crippen molar-refractivity contribution in [2.24, 2.45) is 5.73 Å². The number of anilines is 1. The zero-order chi connectivity index (χ0) is 17.3. The first-order valence-corrected chi connectivity index (χ1v) is 9.55. The molecule has 8 nitrogen and oxygen atoms in total. The predicted molar refractivity (Wildman–Crippen MR) is 96.6 cm³/mol. The van der Waals surface area contributed by atoms with Crippen molar-refractivity contribution in [1.29, 1.82) is 0 Å². The van der Waals surface area contributed by atoms with E-state index in [0.717, 1.165) is 12.2 Å². The number of rotatable bonds is 6. The van der Waals surface area contributed by atoms with Crippen LogP contribution in [-0.4, -0.2) is 61.1 Å². The topological polar surface area (TPSA) is 132 Å². The van der Waals surface area contributed by atoms with Gasteiger partial charge in [-0.1, -0.05) is 0 Å². The Balaban J connectivity index is 1.81. The molecule has 1 saturated heterocycles. The molecule has 1 aliphatic heterocycles. The maximum atomic E-state index is 10.4. The van der Waals surface area contributed by atoms with E-state index in [1.165, 1.54) is 6.33 Å². The number of aromatic nitrogens is 3. The van der Waals surface area contributed by atoms with Gasteiger partial charge in [0.1, 0.15) is 30.0 Å². The van der Waals surface area contributed by atoms with E-state index in [1.54, 1.807) is 22.5 Å². The van der Waals surface area contributed by atoms with Crippen LogP contribution in [-0.2, 0) is 4.74 Å². The Bertz CT molecular complexity index is 715. The molecule has 2 aromatic heterocycles. The molecule has 24 heavy (non-hydrogen) atoms. The van der Waals surface area contributed by atoms with E-state index >= 15 is 0 Å². The molecule has 0 spiro atoms. The lowest BCUT2D eigenvalue weighted by atomic mass is 10.1. The summed E-state index contributed by atoms with van der Waals surface area (Å²) in [7, 11) is 0. The van der Waals surface area contributed by atoms with Crippen LogP contribution in [0.3, 0.4) is 0 Å². The average Bonchev–Trinajstić information content (AvgIpc) is 3.04. The first-order chi connectivity index (χ1) is 11.5. The van der Waals surface area contributed by atoms with E-state index in [4.69, 9.17) is 16.2 Å². The van der Waals surface area contributed by atoms with Crippen molar-refractivity contribution in [3.05, 3.63) is 17.0 Å². The summed E-state index contributed by atoms with van der Waals surface area (Å²) in [5.74, 6) is 1.82. The van der Waals surface area contributed by atoms with Gasteiger partial charge in [-0.2, -0.15) is 11.8 Å². The molecule has 132 valence electrons. The number of nitrogen functional groups attached to an aromatic ring is 1. The molecule has 1 aliphatic rings. The lowest BCUT2D eigenvalue weighted by Crippen LogP contribution is -2.32. The van der Waals surface area contributed by atoms with E-state index in [9.17, 15) is 10.2 Å². The van der Waals surface area contributed by atoms with Gasteiger partial charge in [0.2, 0.25) is 0 Å². The molecule has 3 rings (SSSR count). The highest BCUT2D eigenvalue weighted by Gasteiger charge is 2.44. The third-order valence-electron chi connectivity index (χ3n) is 3.98. The molecule has 0 amide bonds. The van der Waals surface area contributed by atoms with E-state index in [0.29, 0.717) is 33.6 Å². The fraction of sp³-hybridized carbons (Fsp3) is 0.571. The summed E-state index contributed by atoms with van der Waals surface area (Å²) in [5, 5.41) is 21.3. The van der Waals surface area contributed by atoms with Gasteiger partial charge in [-0.05, 0) is 34.6 Å². The third kappa shape index (κ3) is 3.26. The Kier molecular flexibility index (Phi) is 5.63. The Morgan fingerprint density at radius 3 is 2.88 bits per heavy atom. The van der Waals surface area contributed by atoms with Crippen LogP contribution in [0.2, 0.25) is 0 Å². The molecular weight excluding hydrogens is 398 g/mol. The molecule has 0 radical (unpaired) electrons. The molecule has 6 N–H and O–H groups in total. The molecule has 0 aliphatic carbocycles. The minimum atomic E-state index is -1.05. The van der Waals surface area contributed by atoms with Gasteiger partial charge in [-0.3, -0.25) is 0 Å². The van der Waals surface area contributed by atoms with Crippen LogP contribution in [0.25, 0.3) is 11.0 Å².